The fourth-order valence-corrected chi connectivity index (χ4v) is 7.85. The molecule has 3 saturated heterocycles. The third kappa shape index (κ3) is 3.80. The molecule has 0 aromatic rings. The van der Waals surface area contributed by atoms with Crippen LogP contribution in [0.2, 0.25) is 0 Å². The molecule has 0 bridgehead atoms. The van der Waals surface area contributed by atoms with Crippen molar-refractivity contribution in [1.82, 2.24) is 0 Å². The van der Waals surface area contributed by atoms with Gasteiger partial charge in [-0.05, 0) is 62.7 Å². The van der Waals surface area contributed by atoms with Crippen LogP contribution in [-0.4, -0.2) is 50.8 Å². The number of esters is 1. The number of likely N-dealkylation sites (tertiary alicyclic amines) is 2. The highest BCUT2D eigenvalue weighted by Gasteiger charge is 2.56. The van der Waals surface area contributed by atoms with Crippen molar-refractivity contribution in [2.45, 2.75) is 83.3 Å². The lowest BCUT2D eigenvalue weighted by molar-refractivity contribution is -0.961. The third-order valence-corrected chi connectivity index (χ3v) is 9.59. The van der Waals surface area contributed by atoms with Gasteiger partial charge in [0.2, 0.25) is 0 Å². The maximum atomic E-state index is 12.9. The molecule has 5 fully saturated rings. The first-order valence-electron chi connectivity index (χ1n) is 12.6. The fraction of sp³-hybridized carbons (Fsp3) is 0.880. The normalized spacial score (nSPS) is 46.1. The molecule has 2 N–H and O–H groups in total. The van der Waals surface area contributed by atoms with Gasteiger partial charge in [-0.25, -0.2) is 0 Å². The number of piperidine rings is 2. The molecule has 0 aromatic heterocycles. The molecule has 4 nitrogen and oxygen atoms in total. The Morgan fingerprint density at radius 3 is 2.62 bits per heavy atom. The summed E-state index contributed by atoms with van der Waals surface area (Å²) in [5.74, 6) is 1.30. The average Bonchev–Trinajstić information content (AvgIpc) is 3.01. The molecule has 4 heteroatoms. The summed E-state index contributed by atoms with van der Waals surface area (Å²) in [6.45, 7) is 13.2. The second-order valence-corrected chi connectivity index (χ2v) is 11.4. The molecule has 0 unspecified atom stereocenters. The van der Waals surface area contributed by atoms with Gasteiger partial charge in [-0.15, -0.1) is 0 Å². The summed E-state index contributed by atoms with van der Waals surface area (Å²) >= 11 is 0. The van der Waals surface area contributed by atoms with E-state index in [0.717, 1.165) is 25.4 Å². The van der Waals surface area contributed by atoms with Gasteiger partial charge in [-0.2, -0.15) is 0 Å². The summed E-state index contributed by atoms with van der Waals surface area (Å²) in [5.41, 5.74) is 1.77. The lowest BCUT2D eigenvalue weighted by Crippen LogP contribution is -3.21. The number of fused-ring (bicyclic) bond motifs is 2. The van der Waals surface area contributed by atoms with Crippen molar-refractivity contribution in [2.75, 3.05) is 32.7 Å². The van der Waals surface area contributed by atoms with Crippen LogP contribution >= 0.6 is 0 Å². The van der Waals surface area contributed by atoms with Gasteiger partial charge in [0.05, 0.1) is 38.8 Å². The standard InChI is InChI=1S/C25H40N2O2/c1-18-7-6-10-25(2)16-23-20(15-22(18)25)21(24(28)29-23)17-26-13-8-19(9-14-26)27-11-4-3-5-12-27/h19-23H,1,3-17H2,2H3/p+2/t20-,21+,22+,23-,25-/m1/s1. The fourth-order valence-electron chi connectivity index (χ4n) is 7.85. The maximum Gasteiger partial charge on any atom is 0.315 e. The quantitative estimate of drug-likeness (QED) is 0.553. The minimum absolute atomic E-state index is 0.115. The van der Waals surface area contributed by atoms with Crippen LogP contribution in [0.15, 0.2) is 12.2 Å². The zero-order valence-corrected chi connectivity index (χ0v) is 18.5. The molecule has 2 aliphatic carbocycles. The molecule has 0 amide bonds. The lowest BCUT2D eigenvalue weighted by atomic mass is 9.55. The van der Waals surface area contributed by atoms with Crippen LogP contribution in [0.25, 0.3) is 0 Å². The molecule has 5 rings (SSSR count). The molecular weight excluding hydrogens is 360 g/mol. The summed E-state index contributed by atoms with van der Waals surface area (Å²) in [6, 6.07) is 0.878. The number of carbonyl (C=O) groups excluding carboxylic acids is 1. The van der Waals surface area contributed by atoms with Crippen molar-refractivity contribution in [3.8, 4) is 0 Å². The molecule has 3 aliphatic heterocycles. The van der Waals surface area contributed by atoms with Crippen LogP contribution in [0.3, 0.4) is 0 Å². The first-order valence-corrected chi connectivity index (χ1v) is 12.6. The molecular formula is C25H42N2O2+2. The van der Waals surface area contributed by atoms with E-state index in [1.54, 1.807) is 4.90 Å². The number of carbonyl (C=O) groups is 1. The molecule has 2 saturated carbocycles. The number of ether oxygens (including phenoxy) is 1. The van der Waals surface area contributed by atoms with Crippen molar-refractivity contribution < 1.29 is 19.3 Å². The van der Waals surface area contributed by atoms with Gasteiger partial charge >= 0.3 is 5.97 Å². The van der Waals surface area contributed by atoms with Crippen LogP contribution in [-0.2, 0) is 9.53 Å². The molecule has 0 aromatic carbocycles. The van der Waals surface area contributed by atoms with E-state index >= 15 is 0 Å². The lowest BCUT2D eigenvalue weighted by Gasteiger charge is -2.50. The monoisotopic (exact) mass is 402 g/mol. The Bertz CT molecular complexity index is 635. The Morgan fingerprint density at radius 1 is 1.10 bits per heavy atom. The highest BCUT2D eigenvalue weighted by Crippen LogP contribution is 2.56. The van der Waals surface area contributed by atoms with E-state index in [9.17, 15) is 4.79 Å². The maximum absolute atomic E-state index is 12.9. The number of nitrogens with one attached hydrogen (secondary N) is 2. The predicted molar refractivity (Wildman–Crippen MR) is 114 cm³/mol. The Labute approximate surface area is 177 Å². The third-order valence-electron chi connectivity index (χ3n) is 9.59. The largest absolute Gasteiger partial charge is 0.462 e. The summed E-state index contributed by atoms with van der Waals surface area (Å²) in [6.07, 6.45) is 13.1. The van der Waals surface area contributed by atoms with Crippen molar-refractivity contribution >= 4 is 5.97 Å². The molecule has 0 spiro atoms. The molecule has 29 heavy (non-hydrogen) atoms. The highest BCUT2D eigenvalue weighted by molar-refractivity contribution is 5.75. The van der Waals surface area contributed by atoms with E-state index in [-0.39, 0.29) is 18.0 Å². The second-order valence-electron chi connectivity index (χ2n) is 11.4. The van der Waals surface area contributed by atoms with Gasteiger partial charge in [0.1, 0.15) is 12.0 Å². The number of quaternary nitrogens is 2. The molecule has 5 atom stereocenters. The SMILES string of the molecule is C=C1CCC[C@]2(C)C[C@H]3OC(=O)[C@@H](C[NH+]4CCC([NH+]5CCCCC5)CC4)[C@H]3C[C@@H]12. The van der Waals surface area contributed by atoms with Crippen molar-refractivity contribution in [1.29, 1.82) is 0 Å². The smallest absolute Gasteiger partial charge is 0.315 e. The Kier molecular flexibility index (Phi) is 5.53. The Morgan fingerprint density at radius 2 is 1.86 bits per heavy atom. The number of hydrogen-bond acceptors (Lipinski definition) is 2. The van der Waals surface area contributed by atoms with Crippen LogP contribution in [0.5, 0.6) is 0 Å². The average molecular weight is 403 g/mol. The van der Waals surface area contributed by atoms with Crippen molar-refractivity contribution in [3.63, 3.8) is 0 Å². The second kappa shape index (κ2) is 8.00. The van der Waals surface area contributed by atoms with Gasteiger partial charge in [0, 0.05) is 18.8 Å². The van der Waals surface area contributed by atoms with Gasteiger partial charge < -0.3 is 14.5 Å². The van der Waals surface area contributed by atoms with Crippen LogP contribution in [0, 0.1) is 23.2 Å². The number of hydrogen-bond donors (Lipinski definition) is 2. The van der Waals surface area contributed by atoms with Crippen molar-refractivity contribution in [3.05, 3.63) is 12.2 Å². The topological polar surface area (TPSA) is 35.2 Å². The van der Waals surface area contributed by atoms with E-state index in [4.69, 9.17) is 4.74 Å². The summed E-state index contributed by atoms with van der Waals surface area (Å²) in [7, 11) is 0. The Balaban J connectivity index is 1.20. The minimum Gasteiger partial charge on any atom is -0.462 e. The highest BCUT2D eigenvalue weighted by atomic mass is 16.6. The molecule has 0 radical (unpaired) electrons. The van der Waals surface area contributed by atoms with Crippen LogP contribution in [0.4, 0.5) is 0 Å². The zero-order valence-electron chi connectivity index (χ0n) is 18.5. The zero-order chi connectivity index (χ0) is 20.0. The predicted octanol–water partition coefficient (Wildman–Crippen LogP) is 1.42. The van der Waals surface area contributed by atoms with Crippen LogP contribution < -0.4 is 9.80 Å². The van der Waals surface area contributed by atoms with E-state index in [2.05, 4.69) is 13.5 Å². The van der Waals surface area contributed by atoms with Gasteiger partial charge in [-0.1, -0.05) is 19.1 Å². The van der Waals surface area contributed by atoms with E-state index in [0.29, 0.717) is 17.3 Å². The van der Waals surface area contributed by atoms with Crippen molar-refractivity contribution in [2.24, 2.45) is 23.2 Å². The van der Waals surface area contributed by atoms with E-state index < -0.39 is 0 Å². The first kappa shape index (κ1) is 20.1. The minimum atomic E-state index is 0.115. The number of allylic oxidation sites excluding steroid dienone is 1. The molecule has 3 heterocycles. The number of rotatable bonds is 3. The van der Waals surface area contributed by atoms with Gasteiger partial charge in [0.25, 0.3) is 0 Å². The molecule has 5 aliphatic rings. The van der Waals surface area contributed by atoms with E-state index in [1.807, 2.05) is 4.90 Å². The van der Waals surface area contributed by atoms with Gasteiger partial charge in [-0.3, -0.25) is 4.79 Å². The molecule has 162 valence electrons. The summed E-state index contributed by atoms with van der Waals surface area (Å²) in [4.78, 5) is 16.4. The summed E-state index contributed by atoms with van der Waals surface area (Å²) < 4.78 is 6.00. The summed E-state index contributed by atoms with van der Waals surface area (Å²) in [5, 5.41) is 0. The van der Waals surface area contributed by atoms with Crippen LogP contribution in [0.1, 0.15) is 71.1 Å². The Hall–Kier alpha value is -0.870. The van der Waals surface area contributed by atoms with Gasteiger partial charge in [0.15, 0.2) is 0 Å². The first-order chi connectivity index (χ1) is 14.0. The van der Waals surface area contributed by atoms with E-state index in [1.165, 1.54) is 83.1 Å².